The molecule has 0 aliphatic carbocycles. The molecular weight excluding hydrogens is 234 g/mol. The van der Waals surface area contributed by atoms with E-state index in [0.717, 1.165) is 18.4 Å². The Hall–Kier alpha value is -1.85. The van der Waals surface area contributed by atoms with Gasteiger partial charge in [-0.3, -0.25) is 9.48 Å². The van der Waals surface area contributed by atoms with E-state index in [1.165, 1.54) is 0 Å². The van der Waals surface area contributed by atoms with Gasteiger partial charge in [-0.1, -0.05) is 19.8 Å². The molecule has 6 heteroatoms. The fourth-order valence-corrected chi connectivity index (χ4v) is 1.66. The summed E-state index contributed by atoms with van der Waals surface area (Å²) in [6, 6.07) is -0.797. The summed E-state index contributed by atoms with van der Waals surface area (Å²) >= 11 is 0. The molecule has 1 atom stereocenters. The van der Waals surface area contributed by atoms with Crippen LogP contribution in [0.25, 0.3) is 0 Å². The van der Waals surface area contributed by atoms with Crippen LogP contribution in [0.4, 0.5) is 0 Å². The first kappa shape index (κ1) is 14.2. The van der Waals surface area contributed by atoms with Crippen molar-refractivity contribution in [3.05, 3.63) is 18.0 Å². The minimum Gasteiger partial charge on any atom is -0.480 e. The molecule has 0 spiro atoms. The Balaban J connectivity index is 2.48. The summed E-state index contributed by atoms with van der Waals surface area (Å²) in [6.07, 6.45) is 5.64. The van der Waals surface area contributed by atoms with Gasteiger partial charge in [-0.05, 0) is 12.0 Å². The lowest BCUT2D eigenvalue weighted by Crippen LogP contribution is -2.41. The van der Waals surface area contributed by atoms with Gasteiger partial charge in [0.15, 0.2) is 0 Å². The van der Waals surface area contributed by atoms with E-state index in [2.05, 4.69) is 10.4 Å². The van der Waals surface area contributed by atoms with Gasteiger partial charge >= 0.3 is 5.97 Å². The van der Waals surface area contributed by atoms with Crippen LogP contribution in [0.2, 0.25) is 0 Å². The fourth-order valence-electron chi connectivity index (χ4n) is 1.66. The van der Waals surface area contributed by atoms with Crippen molar-refractivity contribution in [2.45, 2.75) is 38.6 Å². The first-order valence-electron chi connectivity index (χ1n) is 6.02. The molecule has 0 bridgehead atoms. The van der Waals surface area contributed by atoms with Crippen LogP contribution in [0.15, 0.2) is 12.4 Å². The molecule has 0 fully saturated rings. The van der Waals surface area contributed by atoms with E-state index in [-0.39, 0.29) is 12.3 Å². The van der Waals surface area contributed by atoms with E-state index < -0.39 is 12.0 Å². The maximum Gasteiger partial charge on any atom is 0.326 e. The van der Waals surface area contributed by atoms with Gasteiger partial charge in [-0.25, -0.2) is 4.79 Å². The molecule has 1 aromatic heterocycles. The number of hydrogen-bond acceptors (Lipinski definition) is 3. The second kappa shape index (κ2) is 6.78. The molecule has 1 rings (SSSR count). The SMILES string of the molecule is CCCC[C@H](NC(=O)Cc1cnn(C)c1)C(=O)O. The van der Waals surface area contributed by atoms with Gasteiger partial charge < -0.3 is 10.4 Å². The Labute approximate surface area is 106 Å². The Kier molecular flexibility index (Phi) is 5.35. The molecule has 0 aliphatic heterocycles. The topological polar surface area (TPSA) is 84.2 Å². The largest absolute Gasteiger partial charge is 0.480 e. The van der Waals surface area contributed by atoms with Gasteiger partial charge in [0.1, 0.15) is 6.04 Å². The Morgan fingerprint density at radius 2 is 2.28 bits per heavy atom. The lowest BCUT2D eigenvalue weighted by Gasteiger charge is -2.13. The average Bonchev–Trinajstić information content (AvgIpc) is 2.69. The predicted octanol–water partition coefficient (Wildman–Crippen LogP) is 0.722. The number of carboxylic acid groups (broad SMARTS) is 1. The van der Waals surface area contributed by atoms with E-state index >= 15 is 0 Å². The minimum absolute atomic E-state index is 0.156. The zero-order valence-electron chi connectivity index (χ0n) is 10.7. The maximum absolute atomic E-state index is 11.7. The molecule has 1 heterocycles. The fraction of sp³-hybridized carbons (Fsp3) is 0.583. The Morgan fingerprint density at radius 1 is 1.56 bits per heavy atom. The van der Waals surface area contributed by atoms with Gasteiger partial charge in [0, 0.05) is 13.2 Å². The number of rotatable bonds is 7. The lowest BCUT2D eigenvalue weighted by atomic mass is 10.1. The number of amides is 1. The van der Waals surface area contributed by atoms with Crippen molar-refractivity contribution in [1.82, 2.24) is 15.1 Å². The molecule has 0 aliphatic rings. The van der Waals surface area contributed by atoms with Gasteiger partial charge in [0.05, 0.1) is 12.6 Å². The van der Waals surface area contributed by atoms with Crippen LogP contribution in [0.5, 0.6) is 0 Å². The number of carbonyl (C=O) groups is 2. The predicted molar refractivity (Wildman–Crippen MR) is 66.0 cm³/mol. The number of aromatic nitrogens is 2. The molecule has 6 nitrogen and oxygen atoms in total. The van der Waals surface area contributed by atoms with Crippen molar-refractivity contribution in [2.75, 3.05) is 0 Å². The molecule has 1 aromatic rings. The van der Waals surface area contributed by atoms with Crippen molar-refractivity contribution in [3.63, 3.8) is 0 Å². The molecule has 0 radical (unpaired) electrons. The number of carbonyl (C=O) groups excluding carboxylic acids is 1. The van der Waals surface area contributed by atoms with E-state index in [0.29, 0.717) is 6.42 Å². The lowest BCUT2D eigenvalue weighted by molar-refractivity contribution is -0.142. The highest BCUT2D eigenvalue weighted by Gasteiger charge is 2.19. The number of nitrogens with zero attached hydrogens (tertiary/aromatic N) is 2. The van der Waals surface area contributed by atoms with Crippen LogP contribution < -0.4 is 5.32 Å². The first-order chi connectivity index (χ1) is 8.52. The van der Waals surface area contributed by atoms with Gasteiger partial charge in [0.25, 0.3) is 0 Å². The zero-order chi connectivity index (χ0) is 13.5. The van der Waals surface area contributed by atoms with Gasteiger partial charge in [-0.15, -0.1) is 0 Å². The van der Waals surface area contributed by atoms with E-state index in [4.69, 9.17) is 5.11 Å². The second-order valence-electron chi connectivity index (χ2n) is 4.30. The van der Waals surface area contributed by atoms with Crippen molar-refractivity contribution in [3.8, 4) is 0 Å². The highest BCUT2D eigenvalue weighted by Crippen LogP contribution is 2.03. The maximum atomic E-state index is 11.7. The summed E-state index contributed by atoms with van der Waals surface area (Å²) in [5.41, 5.74) is 0.773. The molecule has 0 saturated heterocycles. The number of aryl methyl sites for hydroxylation is 1. The summed E-state index contributed by atoms with van der Waals surface area (Å²) in [7, 11) is 1.77. The van der Waals surface area contributed by atoms with Gasteiger partial charge in [0.2, 0.25) is 5.91 Å². The van der Waals surface area contributed by atoms with Crippen molar-refractivity contribution < 1.29 is 14.7 Å². The Bertz CT molecular complexity index is 414. The van der Waals surface area contributed by atoms with Crippen LogP contribution in [0.3, 0.4) is 0 Å². The number of carboxylic acids is 1. The highest BCUT2D eigenvalue weighted by molar-refractivity contribution is 5.84. The van der Waals surface area contributed by atoms with E-state index in [1.807, 2.05) is 6.92 Å². The monoisotopic (exact) mass is 253 g/mol. The van der Waals surface area contributed by atoms with E-state index in [9.17, 15) is 9.59 Å². The van der Waals surface area contributed by atoms with E-state index in [1.54, 1.807) is 24.1 Å². The molecule has 0 saturated carbocycles. The number of aliphatic carboxylic acids is 1. The normalized spacial score (nSPS) is 12.1. The van der Waals surface area contributed by atoms with Crippen LogP contribution in [0, 0.1) is 0 Å². The molecular formula is C12H19N3O3. The summed E-state index contributed by atoms with van der Waals surface area (Å²) < 4.78 is 1.61. The molecule has 0 unspecified atom stereocenters. The third-order valence-corrected chi connectivity index (χ3v) is 2.60. The molecule has 100 valence electrons. The molecule has 2 N–H and O–H groups in total. The summed E-state index contributed by atoms with van der Waals surface area (Å²) in [6.45, 7) is 1.98. The third kappa shape index (κ3) is 4.57. The number of hydrogen-bond donors (Lipinski definition) is 2. The zero-order valence-corrected chi connectivity index (χ0v) is 10.7. The molecule has 18 heavy (non-hydrogen) atoms. The Morgan fingerprint density at radius 3 is 2.78 bits per heavy atom. The highest BCUT2D eigenvalue weighted by atomic mass is 16.4. The van der Waals surface area contributed by atoms with Gasteiger partial charge in [-0.2, -0.15) is 5.10 Å². The van der Waals surface area contributed by atoms with Crippen LogP contribution >= 0.6 is 0 Å². The van der Waals surface area contributed by atoms with Crippen molar-refractivity contribution in [1.29, 1.82) is 0 Å². The standard InChI is InChI=1S/C12H19N3O3/c1-3-4-5-10(12(17)18)14-11(16)6-9-7-13-15(2)8-9/h7-8,10H,3-6H2,1-2H3,(H,14,16)(H,17,18)/t10-/m0/s1. The molecule has 0 aromatic carbocycles. The van der Waals surface area contributed by atoms with Crippen LogP contribution in [-0.2, 0) is 23.1 Å². The van der Waals surface area contributed by atoms with Crippen LogP contribution in [-0.4, -0.2) is 32.8 Å². The summed E-state index contributed by atoms with van der Waals surface area (Å²) in [5.74, 6) is -1.27. The van der Waals surface area contributed by atoms with Crippen molar-refractivity contribution >= 4 is 11.9 Å². The first-order valence-corrected chi connectivity index (χ1v) is 6.02. The molecule has 1 amide bonds. The quantitative estimate of drug-likeness (QED) is 0.750. The second-order valence-corrected chi connectivity index (χ2v) is 4.30. The number of unbranched alkanes of at least 4 members (excludes halogenated alkanes) is 1. The smallest absolute Gasteiger partial charge is 0.326 e. The minimum atomic E-state index is -0.983. The third-order valence-electron chi connectivity index (χ3n) is 2.60. The number of nitrogens with one attached hydrogen (secondary N) is 1. The summed E-state index contributed by atoms with van der Waals surface area (Å²) in [5, 5.41) is 15.5. The summed E-state index contributed by atoms with van der Waals surface area (Å²) in [4.78, 5) is 22.7. The van der Waals surface area contributed by atoms with Crippen LogP contribution in [0.1, 0.15) is 31.7 Å². The average molecular weight is 253 g/mol. The van der Waals surface area contributed by atoms with Crippen molar-refractivity contribution in [2.24, 2.45) is 7.05 Å².